The molecule has 1 aromatic heterocycles. The van der Waals surface area contributed by atoms with Gasteiger partial charge in [-0.05, 0) is 18.2 Å². The summed E-state index contributed by atoms with van der Waals surface area (Å²) in [5.74, 6) is -0.554. The predicted octanol–water partition coefficient (Wildman–Crippen LogP) is 2.29. The van der Waals surface area contributed by atoms with Crippen LogP contribution in [0.15, 0.2) is 36.5 Å². The summed E-state index contributed by atoms with van der Waals surface area (Å²) in [6.07, 6.45) is 1.60. The van der Waals surface area contributed by atoms with E-state index in [0.717, 1.165) is 0 Å². The van der Waals surface area contributed by atoms with Crippen molar-refractivity contribution in [3.05, 3.63) is 62.4 Å². The summed E-state index contributed by atoms with van der Waals surface area (Å²) in [5.41, 5.74) is 0.384. The number of phenols is 1. The molecule has 7 nitrogen and oxygen atoms in total. The van der Waals surface area contributed by atoms with Crippen molar-refractivity contribution >= 4 is 23.8 Å². The molecule has 2 aromatic rings. The van der Waals surface area contributed by atoms with E-state index in [2.05, 4.69) is 10.3 Å². The minimum absolute atomic E-state index is 0.0456. The number of pyridine rings is 1. The number of hydrogen-bond donors (Lipinski definition) is 3. The highest BCUT2D eigenvalue weighted by molar-refractivity contribution is 7.71. The van der Waals surface area contributed by atoms with E-state index in [1.54, 1.807) is 18.3 Å². The first-order valence-electron chi connectivity index (χ1n) is 5.91. The van der Waals surface area contributed by atoms with Gasteiger partial charge in [0.15, 0.2) is 0 Å². The number of carbonyl (C=O) groups is 1. The zero-order valence-electron chi connectivity index (χ0n) is 10.7. The normalized spacial score (nSPS) is 10.1. The van der Waals surface area contributed by atoms with E-state index >= 15 is 0 Å². The van der Waals surface area contributed by atoms with Crippen molar-refractivity contribution in [3.63, 3.8) is 0 Å². The molecule has 0 bridgehead atoms. The molecule has 0 atom stereocenters. The first-order chi connectivity index (χ1) is 9.99. The maximum atomic E-state index is 12.0. The number of H-pyrrole nitrogens is 1. The Bertz CT molecular complexity index is 757. The Morgan fingerprint density at radius 2 is 2.19 bits per heavy atom. The smallest absolute Gasteiger partial charge is 0.270 e. The molecule has 0 aliphatic heterocycles. The number of carbonyl (C=O) groups excluding carboxylic acids is 1. The van der Waals surface area contributed by atoms with Gasteiger partial charge in [-0.15, -0.1) is 0 Å². The Hall–Kier alpha value is -2.74. The second kappa shape index (κ2) is 6.14. The monoisotopic (exact) mass is 305 g/mol. The quantitative estimate of drug-likeness (QED) is 0.456. The van der Waals surface area contributed by atoms with Gasteiger partial charge < -0.3 is 15.4 Å². The molecular formula is C13H11N3O4S. The number of nitro benzene ring substituents is 1. The zero-order valence-corrected chi connectivity index (χ0v) is 11.5. The van der Waals surface area contributed by atoms with Crippen LogP contribution in [-0.4, -0.2) is 20.9 Å². The lowest BCUT2D eigenvalue weighted by Crippen LogP contribution is -2.23. The standard InChI is InChI=1S/C13H11N3O4S/c17-11-4-3-9(16(19)20)6-8(11)7-15-12(18)10-2-1-5-14-13(10)21/h1-6,17H,7H2,(H,14,21)(H,15,18). The third kappa shape index (κ3) is 3.42. The number of phenolic OH excluding ortho intramolecular Hbond substituents is 1. The molecular weight excluding hydrogens is 294 g/mol. The van der Waals surface area contributed by atoms with Crippen molar-refractivity contribution in [1.29, 1.82) is 0 Å². The van der Waals surface area contributed by atoms with E-state index in [1.807, 2.05) is 0 Å². The molecule has 21 heavy (non-hydrogen) atoms. The summed E-state index contributed by atoms with van der Waals surface area (Å²) in [4.78, 5) is 24.8. The van der Waals surface area contributed by atoms with E-state index in [9.17, 15) is 20.0 Å². The first kappa shape index (κ1) is 14.7. The molecule has 0 aliphatic carbocycles. The highest BCUT2D eigenvalue weighted by Crippen LogP contribution is 2.22. The van der Waals surface area contributed by atoms with Crippen LogP contribution in [0.25, 0.3) is 0 Å². The van der Waals surface area contributed by atoms with Crippen molar-refractivity contribution in [2.24, 2.45) is 0 Å². The van der Waals surface area contributed by atoms with Crippen molar-refractivity contribution < 1.29 is 14.8 Å². The van der Waals surface area contributed by atoms with Gasteiger partial charge in [-0.25, -0.2) is 0 Å². The molecule has 1 aromatic carbocycles. The number of nitro groups is 1. The molecule has 0 aliphatic rings. The molecule has 0 fully saturated rings. The van der Waals surface area contributed by atoms with Gasteiger partial charge in [0.25, 0.3) is 11.6 Å². The average molecular weight is 305 g/mol. The van der Waals surface area contributed by atoms with Gasteiger partial charge in [-0.3, -0.25) is 14.9 Å². The topological polar surface area (TPSA) is 108 Å². The minimum Gasteiger partial charge on any atom is -0.508 e. The van der Waals surface area contributed by atoms with E-state index < -0.39 is 10.8 Å². The minimum atomic E-state index is -0.571. The van der Waals surface area contributed by atoms with Crippen LogP contribution in [0.3, 0.4) is 0 Å². The first-order valence-corrected chi connectivity index (χ1v) is 6.32. The highest BCUT2D eigenvalue weighted by Gasteiger charge is 2.12. The number of nitrogens with zero attached hydrogens (tertiary/aromatic N) is 1. The lowest BCUT2D eigenvalue weighted by molar-refractivity contribution is -0.384. The zero-order chi connectivity index (χ0) is 15.4. The maximum absolute atomic E-state index is 12.0. The fraction of sp³-hybridized carbons (Fsp3) is 0.0769. The number of amides is 1. The molecule has 0 radical (unpaired) electrons. The van der Waals surface area contributed by atoms with Crippen LogP contribution >= 0.6 is 12.2 Å². The fourth-order valence-corrected chi connectivity index (χ4v) is 1.93. The van der Waals surface area contributed by atoms with Gasteiger partial charge in [0.2, 0.25) is 0 Å². The largest absolute Gasteiger partial charge is 0.508 e. The summed E-state index contributed by atoms with van der Waals surface area (Å²) in [6, 6.07) is 6.81. The Labute approximate surface area is 124 Å². The van der Waals surface area contributed by atoms with Crippen molar-refractivity contribution in [1.82, 2.24) is 10.3 Å². The number of nitrogens with one attached hydrogen (secondary N) is 2. The SMILES string of the molecule is O=C(NCc1cc([N+](=O)[O-])ccc1O)c1ccc[nH]c1=S. The number of hydrogen-bond acceptors (Lipinski definition) is 5. The van der Waals surface area contributed by atoms with E-state index in [4.69, 9.17) is 12.2 Å². The number of benzene rings is 1. The van der Waals surface area contributed by atoms with Crippen LogP contribution < -0.4 is 5.32 Å². The van der Waals surface area contributed by atoms with E-state index in [1.165, 1.54) is 18.2 Å². The molecule has 0 unspecified atom stereocenters. The highest BCUT2D eigenvalue weighted by atomic mass is 32.1. The van der Waals surface area contributed by atoms with Crippen molar-refractivity contribution in [2.75, 3.05) is 0 Å². The molecule has 108 valence electrons. The lowest BCUT2D eigenvalue weighted by Gasteiger charge is -2.07. The lowest BCUT2D eigenvalue weighted by atomic mass is 10.1. The van der Waals surface area contributed by atoms with Crippen LogP contribution in [0.4, 0.5) is 5.69 Å². The van der Waals surface area contributed by atoms with Gasteiger partial charge in [-0.1, -0.05) is 12.2 Å². The van der Waals surface area contributed by atoms with E-state index in [-0.39, 0.29) is 29.1 Å². The Balaban J connectivity index is 2.15. The van der Waals surface area contributed by atoms with Crippen LogP contribution in [0.5, 0.6) is 5.75 Å². The number of non-ortho nitro benzene ring substituents is 1. The number of aromatic nitrogens is 1. The Kier molecular flexibility index (Phi) is 4.29. The van der Waals surface area contributed by atoms with Gasteiger partial charge in [0, 0.05) is 30.4 Å². The van der Waals surface area contributed by atoms with Crippen LogP contribution in [0.2, 0.25) is 0 Å². The third-order valence-corrected chi connectivity index (χ3v) is 3.11. The molecule has 8 heteroatoms. The predicted molar refractivity (Wildman–Crippen MR) is 77.6 cm³/mol. The summed E-state index contributed by atoms with van der Waals surface area (Å²) in [7, 11) is 0. The number of aromatic amines is 1. The second-order valence-corrected chi connectivity index (χ2v) is 4.57. The fourth-order valence-electron chi connectivity index (χ4n) is 1.70. The van der Waals surface area contributed by atoms with Crippen molar-refractivity contribution in [3.8, 4) is 5.75 Å². The molecule has 0 spiro atoms. The van der Waals surface area contributed by atoms with E-state index in [0.29, 0.717) is 4.64 Å². The summed E-state index contributed by atoms with van der Waals surface area (Å²) in [5, 5.41) is 22.9. The van der Waals surface area contributed by atoms with Gasteiger partial charge in [0.1, 0.15) is 10.4 Å². The Morgan fingerprint density at radius 3 is 2.86 bits per heavy atom. The number of rotatable bonds is 4. The summed E-state index contributed by atoms with van der Waals surface area (Å²) in [6.45, 7) is -0.0456. The van der Waals surface area contributed by atoms with Gasteiger partial charge >= 0.3 is 0 Å². The Morgan fingerprint density at radius 1 is 1.43 bits per heavy atom. The van der Waals surface area contributed by atoms with Crippen LogP contribution in [0, 0.1) is 14.8 Å². The maximum Gasteiger partial charge on any atom is 0.270 e. The molecule has 0 saturated heterocycles. The molecule has 0 saturated carbocycles. The summed E-state index contributed by atoms with van der Waals surface area (Å²) >= 11 is 4.98. The molecule has 2 rings (SSSR count). The van der Waals surface area contributed by atoms with Crippen LogP contribution in [0.1, 0.15) is 15.9 Å². The molecule has 1 amide bonds. The number of aromatic hydroxyl groups is 1. The van der Waals surface area contributed by atoms with Crippen molar-refractivity contribution in [2.45, 2.75) is 6.54 Å². The average Bonchev–Trinajstić information content (AvgIpc) is 2.46. The molecule has 3 N–H and O–H groups in total. The molecule has 1 heterocycles. The summed E-state index contributed by atoms with van der Waals surface area (Å²) < 4.78 is 0.290. The van der Waals surface area contributed by atoms with Gasteiger partial charge in [-0.2, -0.15) is 0 Å². The third-order valence-electron chi connectivity index (χ3n) is 2.78. The van der Waals surface area contributed by atoms with Crippen LogP contribution in [-0.2, 0) is 6.54 Å². The van der Waals surface area contributed by atoms with Gasteiger partial charge in [0.05, 0.1) is 10.5 Å². The second-order valence-electron chi connectivity index (χ2n) is 4.17.